The van der Waals surface area contributed by atoms with Gasteiger partial charge < -0.3 is 9.84 Å². The fourth-order valence-corrected chi connectivity index (χ4v) is 2.81. The van der Waals surface area contributed by atoms with Crippen LogP contribution in [0.4, 0.5) is 0 Å². The molecule has 0 saturated carbocycles. The van der Waals surface area contributed by atoms with Crippen molar-refractivity contribution in [1.82, 2.24) is 4.90 Å². The Labute approximate surface area is 128 Å². The maximum absolute atomic E-state index is 10.9. The Morgan fingerprint density at radius 1 is 1.25 bits per heavy atom. The minimum absolute atomic E-state index is 0.195. The van der Waals surface area contributed by atoms with Crippen LogP contribution in [0.1, 0.15) is 12.8 Å². The molecule has 0 atom stereocenters. The van der Waals surface area contributed by atoms with Gasteiger partial charge in [-0.3, -0.25) is 9.69 Å². The van der Waals surface area contributed by atoms with E-state index >= 15 is 0 Å². The van der Waals surface area contributed by atoms with Crippen LogP contribution in [-0.4, -0.2) is 42.2 Å². The van der Waals surface area contributed by atoms with Gasteiger partial charge in [-0.25, -0.2) is 0 Å². The summed E-state index contributed by atoms with van der Waals surface area (Å²) in [6.45, 7) is 2.91. The van der Waals surface area contributed by atoms with Gasteiger partial charge in [0.05, 0.1) is 5.92 Å². The summed E-state index contributed by atoms with van der Waals surface area (Å²) >= 11 is 11.8. The number of ether oxygens (including phenoxy) is 1. The van der Waals surface area contributed by atoms with Crippen molar-refractivity contribution in [3.8, 4) is 5.75 Å². The Kier molecular flexibility index (Phi) is 5.52. The Morgan fingerprint density at radius 3 is 2.40 bits per heavy atom. The summed E-state index contributed by atoms with van der Waals surface area (Å²) in [4.78, 5) is 13.1. The molecule has 0 unspecified atom stereocenters. The number of carboxylic acids is 1. The molecule has 1 fully saturated rings. The number of rotatable bonds is 5. The van der Waals surface area contributed by atoms with Gasteiger partial charge in [-0.05, 0) is 44.1 Å². The largest absolute Gasteiger partial charge is 0.492 e. The smallest absolute Gasteiger partial charge is 0.306 e. The molecule has 0 radical (unpaired) electrons. The average Bonchev–Trinajstić information content (AvgIpc) is 2.38. The van der Waals surface area contributed by atoms with Crippen LogP contribution >= 0.6 is 23.2 Å². The van der Waals surface area contributed by atoms with E-state index in [0.717, 1.165) is 19.6 Å². The van der Waals surface area contributed by atoms with Crippen LogP contribution in [0.15, 0.2) is 18.2 Å². The standard InChI is InChI=1S/C14H17Cl2NO3/c15-11-7-12(16)9-13(8-11)20-6-5-17-3-1-10(2-4-17)14(18)19/h7-10H,1-6H2,(H,18,19). The fraction of sp³-hybridized carbons (Fsp3) is 0.500. The van der Waals surface area contributed by atoms with Crippen LogP contribution in [0.2, 0.25) is 10.0 Å². The monoisotopic (exact) mass is 317 g/mol. The van der Waals surface area contributed by atoms with Crippen molar-refractivity contribution in [1.29, 1.82) is 0 Å². The third kappa shape index (κ3) is 4.54. The zero-order valence-corrected chi connectivity index (χ0v) is 12.5. The molecule has 0 aliphatic carbocycles. The van der Waals surface area contributed by atoms with Gasteiger partial charge in [0.25, 0.3) is 0 Å². The van der Waals surface area contributed by atoms with Crippen molar-refractivity contribution >= 4 is 29.2 Å². The molecule has 20 heavy (non-hydrogen) atoms. The zero-order valence-electron chi connectivity index (χ0n) is 11.0. The number of halogens is 2. The molecule has 4 nitrogen and oxygen atoms in total. The SMILES string of the molecule is O=C(O)C1CCN(CCOc2cc(Cl)cc(Cl)c2)CC1. The Hall–Kier alpha value is -0.970. The van der Waals surface area contributed by atoms with E-state index in [-0.39, 0.29) is 5.92 Å². The van der Waals surface area contributed by atoms with E-state index in [1.807, 2.05) is 0 Å². The Balaban J connectivity index is 1.73. The van der Waals surface area contributed by atoms with Crippen molar-refractivity contribution < 1.29 is 14.6 Å². The second kappa shape index (κ2) is 7.16. The highest BCUT2D eigenvalue weighted by atomic mass is 35.5. The highest BCUT2D eigenvalue weighted by molar-refractivity contribution is 6.34. The van der Waals surface area contributed by atoms with E-state index in [9.17, 15) is 4.79 Å². The molecular formula is C14H17Cl2NO3. The first-order valence-corrected chi connectivity index (χ1v) is 7.34. The van der Waals surface area contributed by atoms with E-state index in [0.29, 0.717) is 35.2 Å². The molecule has 6 heteroatoms. The molecule has 1 N–H and O–H groups in total. The predicted molar refractivity (Wildman–Crippen MR) is 78.8 cm³/mol. The maximum Gasteiger partial charge on any atom is 0.306 e. The van der Waals surface area contributed by atoms with E-state index in [2.05, 4.69) is 4.90 Å². The summed E-state index contributed by atoms with van der Waals surface area (Å²) < 4.78 is 5.62. The third-order valence-corrected chi connectivity index (χ3v) is 3.89. The molecule has 1 saturated heterocycles. The van der Waals surface area contributed by atoms with Gasteiger partial charge in [0.1, 0.15) is 12.4 Å². The summed E-state index contributed by atoms with van der Waals surface area (Å²) in [6.07, 6.45) is 1.41. The quantitative estimate of drug-likeness (QED) is 0.906. The van der Waals surface area contributed by atoms with Gasteiger partial charge in [-0.1, -0.05) is 23.2 Å². The number of piperidine rings is 1. The summed E-state index contributed by atoms with van der Waals surface area (Å²) in [6, 6.07) is 5.11. The number of aliphatic carboxylic acids is 1. The van der Waals surface area contributed by atoms with E-state index < -0.39 is 5.97 Å². The van der Waals surface area contributed by atoms with Crippen molar-refractivity contribution in [2.24, 2.45) is 5.92 Å². The molecule has 0 aromatic heterocycles. The van der Waals surface area contributed by atoms with Gasteiger partial charge in [0.2, 0.25) is 0 Å². The molecule has 2 rings (SSSR count). The molecule has 1 aromatic carbocycles. The van der Waals surface area contributed by atoms with Gasteiger partial charge in [-0.15, -0.1) is 0 Å². The first-order valence-electron chi connectivity index (χ1n) is 6.58. The van der Waals surface area contributed by atoms with E-state index in [4.69, 9.17) is 33.0 Å². The number of hydrogen-bond donors (Lipinski definition) is 1. The molecule has 1 heterocycles. The molecule has 0 spiro atoms. The number of benzene rings is 1. The second-order valence-electron chi connectivity index (χ2n) is 4.91. The van der Waals surface area contributed by atoms with Crippen LogP contribution in [-0.2, 0) is 4.79 Å². The van der Waals surface area contributed by atoms with Crippen molar-refractivity contribution in [2.75, 3.05) is 26.2 Å². The summed E-state index contributed by atoms with van der Waals surface area (Å²) in [7, 11) is 0. The Morgan fingerprint density at radius 2 is 1.85 bits per heavy atom. The topological polar surface area (TPSA) is 49.8 Å². The molecule has 1 aromatic rings. The van der Waals surface area contributed by atoms with Crippen LogP contribution in [0.3, 0.4) is 0 Å². The maximum atomic E-state index is 10.9. The zero-order chi connectivity index (χ0) is 14.5. The van der Waals surface area contributed by atoms with Crippen LogP contribution in [0.25, 0.3) is 0 Å². The lowest BCUT2D eigenvalue weighted by Crippen LogP contribution is -2.38. The molecule has 0 bridgehead atoms. The summed E-state index contributed by atoms with van der Waals surface area (Å²) in [5.41, 5.74) is 0. The lowest BCUT2D eigenvalue weighted by molar-refractivity contribution is -0.143. The average molecular weight is 318 g/mol. The predicted octanol–water partition coefficient (Wildman–Crippen LogP) is 3.17. The minimum atomic E-state index is -0.686. The Bertz CT molecular complexity index is 453. The van der Waals surface area contributed by atoms with Gasteiger partial charge in [0.15, 0.2) is 0 Å². The number of carboxylic acid groups (broad SMARTS) is 1. The van der Waals surface area contributed by atoms with Crippen LogP contribution < -0.4 is 4.74 Å². The highest BCUT2D eigenvalue weighted by Gasteiger charge is 2.24. The lowest BCUT2D eigenvalue weighted by Gasteiger charge is -2.29. The van der Waals surface area contributed by atoms with Crippen molar-refractivity contribution in [2.45, 2.75) is 12.8 Å². The molecular weight excluding hydrogens is 301 g/mol. The first-order chi connectivity index (χ1) is 9.54. The molecule has 1 aliphatic heterocycles. The van der Waals surface area contributed by atoms with Gasteiger partial charge >= 0.3 is 5.97 Å². The highest BCUT2D eigenvalue weighted by Crippen LogP contribution is 2.24. The number of likely N-dealkylation sites (tertiary alicyclic amines) is 1. The lowest BCUT2D eigenvalue weighted by atomic mass is 9.97. The van der Waals surface area contributed by atoms with Crippen molar-refractivity contribution in [3.05, 3.63) is 28.2 Å². The molecule has 1 aliphatic rings. The van der Waals surface area contributed by atoms with Gasteiger partial charge in [-0.2, -0.15) is 0 Å². The number of hydrogen-bond acceptors (Lipinski definition) is 3. The normalized spacial score (nSPS) is 17.1. The summed E-state index contributed by atoms with van der Waals surface area (Å²) in [5.74, 6) is -0.226. The van der Waals surface area contributed by atoms with Crippen LogP contribution in [0.5, 0.6) is 5.75 Å². The van der Waals surface area contributed by atoms with E-state index in [1.54, 1.807) is 18.2 Å². The summed E-state index contributed by atoms with van der Waals surface area (Å²) in [5, 5.41) is 10.0. The molecule has 110 valence electrons. The third-order valence-electron chi connectivity index (χ3n) is 3.45. The van der Waals surface area contributed by atoms with Gasteiger partial charge in [0, 0.05) is 16.6 Å². The van der Waals surface area contributed by atoms with Crippen molar-refractivity contribution in [3.63, 3.8) is 0 Å². The number of carbonyl (C=O) groups is 1. The fourth-order valence-electron chi connectivity index (χ4n) is 2.31. The molecule has 0 amide bonds. The minimum Gasteiger partial charge on any atom is -0.492 e. The van der Waals surface area contributed by atoms with E-state index in [1.165, 1.54) is 0 Å². The number of nitrogens with zero attached hydrogens (tertiary/aromatic N) is 1. The first kappa shape index (κ1) is 15.4. The second-order valence-corrected chi connectivity index (χ2v) is 5.78. The van der Waals surface area contributed by atoms with Crippen LogP contribution in [0, 0.1) is 5.92 Å².